The second-order valence-corrected chi connectivity index (χ2v) is 7.53. The molecular formula is C15H28O6S. The van der Waals surface area contributed by atoms with Crippen molar-refractivity contribution in [3.8, 4) is 0 Å². The normalized spacial score (nSPS) is 25.5. The highest BCUT2D eigenvalue weighted by atomic mass is 32.2. The van der Waals surface area contributed by atoms with Crippen LogP contribution in [0.1, 0.15) is 53.4 Å². The quantitative estimate of drug-likeness (QED) is 0.568. The molecule has 0 amide bonds. The minimum atomic E-state index is -2.20. The smallest absolute Gasteiger partial charge is 0.332 e. The molecule has 1 fully saturated rings. The monoisotopic (exact) mass is 336 g/mol. The Balaban J connectivity index is 2.18. The Morgan fingerprint density at radius 1 is 1.27 bits per heavy atom. The summed E-state index contributed by atoms with van der Waals surface area (Å²) < 4.78 is 34.9. The van der Waals surface area contributed by atoms with Gasteiger partial charge in [-0.25, -0.2) is 4.79 Å². The fourth-order valence-corrected chi connectivity index (χ4v) is 3.13. The van der Waals surface area contributed by atoms with Gasteiger partial charge < -0.3 is 9.47 Å². The molecule has 7 heteroatoms. The molecule has 0 aliphatic heterocycles. The molecule has 0 heterocycles. The topological polar surface area (TPSA) is 82.1 Å². The Bertz CT molecular complexity index is 371. The minimum Gasteiger partial charge on any atom is -0.458 e. The number of esters is 1. The van der Waals surface area contributed by atoms with E-state index in [-0.39, 0.29) is 18.7 Å². The van der Waals surface area contributed by atoms with Crippen molar-refractivity contribution in [2.45, 2.75) is 65.1 Å². The van der Waals surface area contributed by atoms with Crippen molar-refractivity contribution >= 4 is 17.3 Å². The molecule has 6 nitrogen and oxygen atoms in total. The van der Waals surface area contributed by atoms with Crippen molar-refractivity contribution in [3.05, 3.63) is 0 Å². The van der Waals surface area contributed by atoms with Crippen molar-refractivity contribution in [1.29, 1.82) is 0 Å². The van der Waals surface area contributed by atoms with Crippen LogP contribution in [0.5, 0.6) is 0 Å². The second kappa shape index (κ2) is 8.96. The molecule has 2 atom stereocenters. The van der Waals surface area contributed by atoms with Crippen molar-refractivity contribution < 1.29 is 27.2 Å². The van der Waals surface area contributed by atoms with E-state index in [0.29, 0.717) is 18.4 Å². The number of ether oxygens (including phenoxy) is 2. The largest absolute Gasteiger partial charge is 0.458 e. The summed E-state index contributed by atoms with van der Waals surface area (Å²) >= 11 is -2.20. The molecule has 1 rings (SSSR count). The number of hydrogen-bond donors (Lipinski definition) is 1. The van der Waals surface area contributed by atoms with E-state index >= 15 is 0 Å². The Hall–Kier alpha value is -0.500. The van der Waals surface area contributed by atoms with Gasteiger partial charge in [-0.2, -0.15) is 4.21 Å². The SMILES string of the molecule is CC(OS(=O)O)C1CCC(COCC(=O)OC(C)(C)C)CC1. The molecular weight excluding hydrogens is 308 g/mol. The molecule has 1 saturated carbocycles. The highest BCUT2D eigenvalue weighted by molar-refractivity contribution is 7.74. The van der Waals surface area contributed by atoms with Gasteiger partial charge in [-0.05, 0) is 65.2 Å². The summed E-state index contributed by atoms with van der Waals surface area (Å²) in [6.45, 7) is 7.85. The molecule has 130 valence electrons. The van der Waals surface area contributed by atoms with Gasteiger partial charge in [0.2, 0.25) is 0 Å². The van der Waals surface area contributed by atoms with Gasteiger partial charge in [0, 0.05) is 0 Å². The van der Waals surface area contributed by atoms with E-state index in [9.17, 15) is 9.00 Å². The summed E-state index contributed by atoms with van der Waals surface area (Å²) in [7, 11) is 0. The maximum atomic E-state index is 11.5. The third kappa shape index (κ3) is 8.22. The number of rotatable bonds is 7. The van der Waals surface area contributed by atoms with E-state index in [0.717, 1.165) is 25.7 Å². The van der Waals surface area contributed by atoms with Crippen molar-refractivity contribution in [1.82, 2.24) is 0 Å². The average Bonchev–Trinajstić information content (AvgIpc) is 2.36. The summed E-state index contributed by atoms with van der Waals surface area (Å²) in [5, 5.41) is 0. The Labute approximate surface area is 135 Å². The highest BCUT2D eigenvalue weighted by Crippen LogP contribution is 2.32. The molecule has 0 aromatic rings. The molecule has 1 aliphatic carbocycles. The first kappa shape index (κ1) is 19.5. The molecule has 1 aliphatic rings. The van der Waals surface area contributed by atoms with Crippen LogP contribution in [0.3, 0.4) is 0 Å². The van der Waals surface area contributed by atoms with Gasteiger partial charge >= 0.3 is 17.3 Å². The first-order chi connectivity index (χ1) is 10.2. The summed E-state index contributed by atoms with van der Waals surface area (Å²) in [5.41, 5.74) is -0.485. The summed E-state index contributed by atoms with van der Waals surface area (Å²) in [6, 6.07) is 0. The van der Waals surface area contributed by atoms with Crippen LogP contribution < -0.4 is 0 Å². The van der Waals surface area contributed by atoms with Gasteiger partial charge in [0.05, 0.1) is 12.7 Å². The second-order valence-electron chi connectivity index (χ2n) is 6.90. The molecule has 0 spiro atoms. The Morgan fingerprint density at radius 3 is 2.36 bits per heavy atom. The van der Waals surface area contributed by atoms with Crippen LogP contribution in [0.25, 0.3) is 0 Å². The van der Waals surface area contributed by atoms with E-state index < -0.39 is 17.0 Å². The van der Waals surface area contributed by atoms with Crippen LogP contribution in [0, 0.1) is 11.8 Å². The first-order valence-electron chi connectivity index (χ1n) is 7.75. The van der Waals surface area contributed by atoms with Crippen LogP contribution in [-0.4, -0.2) is 39.6 Å². The predicted molar refractivity (Wildman–Crippen MR) is 83.4 cm³/mol. The standard InChI is InChI=1S/C15H28O6S/c1-11(21-22(17)18)13-7-5-12(6-8-13)9-19-10-14(16)20-15(2,3)4/h11-13H,5-10H2,1-4H3,(H,17,18). The van der Waals surface area contributed by atoms with Crippen LogP contribution in [0.2, 0.25) is 0 Å². The van der Waals surface area contributed by atoms with E-state index in [1.165, 1.54) is 0 Å². The number of hydrogen-bond acceptors (Lipinski definition) is 5. The molecule has 0 radical (unpaired) electrons. The lowest BCUT2D eigenvalue weighted by molar-refractivity contribution is -0.160. The number of carbonyl (C=O) groups excluding carboxylic acids is 1. The fourth-order valence-electron chi connectivity index (χ4n) is 2.71. The van der Waals surface area contributed by atoms with Crippen molar-refractivity contribution in [3.63, 3.8) is 0 Å². The van der Waals surface area contributed by atoms with Crippen molar-refractivity contribution in [2.75, 3.05) is 13.2 Å². The van der Waals surface area contributed by atoms with Gasteiger partial charge in [-0.15, -0.1) is 0 Å². The maximum Gasteiger partial charge on any atom is 0.332 e. The lowest BCUT2D eigenvalue weighted by Crippen LogP contribution is -2.29. The first-order valence-corrected chi connectivity index (χ1v) is 8.78. The number of carbonyl (C=O) groups is 1. The third-order valence-corrected chi connectivity index (χ3v) is 4.25. The summed E-state index contributed by atoms with van der Waals surface area (Å²) in [6.07, 6.45) is 3.63. The van der Waals surface area contributed by atoms with E-state index in [4.69, 9.17) is 18.2 Å². The molecule has 2 unspecified atom stereocenters. The third-order valence-electron chi connectivity index (χ3n) is 3.78. The maximum absolute atomic E-state index is 11.5. The highest BCUT2D eigenvalue weighted by Gasteiger charge is 2.27. The summed E-state index contributed by atoms with van der Waals surface area (Å²) in [5.74, 6) is 0.386. The van der Waals surface area contributed by atoms with Gasteiger partial charge in [0.15, 0.2) is 0 Å². The van der Waals surface area contributed by atoms with Gasteiger partial charge in [0.25, 0.3) is 0 Å². The zero-order valence-corrected chi connectivity index (χ0v) is 14.7. The van der Waals surface area contributed by atoms with Crippen LogP contribution in [0.15, 0.2) is 0 Å². The van der Waals surface area contributed by atoms with Gasteiger partial charge in [0.1, 0.15) is 12.2 Å². The zero-order chi connectivity index (χ0) is 16.8. The molecule has 1 N–H and O–H groups in total. The predicted octanol–water partition coefficient (Wildman–Crippen LogP) is 2.69. The van der Waals surface area contributed by atoms with Crippen LogP contribution in [0.4, 0.5) is 0 Å². The Kier molecular flexibility index (Phi) is 7.96. The van der Waals surface area contributed by atoms with Crippen LogP contribution in [-0.2, 0) is 29.8 Å². The van der Waals surface area contributed by atoms with Crippen LogP contribution >= 0.6 is 0 Å². The molecule has 0 bridgehead atoms. The average molecular weight is 336 g/mol. The van der Waals surface area contributed by atoms with Crippen molar-refractivity contribution in [2.24, 2.45) is 11.8 Å². The zero-order valence-electron chi connectivity index (χ0n) is 13.9. The minimum absolute atomic E-state index is 0.0137. The molecule has 22 heavy (non-hydrogen) atoms. The molecule has 0 saturated heterocycles. The van der Waals surface area contributed by atoms with E-state index in [1.807, 2.05) is 27.7 Å². The Morgan fingerprint density at radius 2 is 1.86 bits per heavy atom. The summed E-state index contributed by atoms with van der Waals surface area (Å²) in [4.78, 5) is 11.5. The van der Waals surface area contributed by atoms with Gasteiger partial charge in [-0.3, -0.25) is 8.74 Å². The van der Waals surface area contributed by atoms with E-state index in [2.05, 4.69) is 0 Å². The van der Waals surface area contributed by atoms with E-state index in [1.54, 1.807) is 0 Å². The fraction of sp³-hybridized carbons (Fsp3) is 0.933. The lowest BCUT2D eigenvalue weighted by Gasteiger charge is -2.31. The van der Waals surface area contributed by atoms with Gasteiger partial charge in [-0.1, -0.05) is 0 Å². The lowest BCUT2D eigenvalue weighted by atomic mass is 9.80. The molecule has 0 aromatic carbocycles. The molecule has 0 aromatic heterocycles.